The Hall–Kier alpha value is -1.02. The van der Waals surface area contributed by atoms with Crippen LogP contribution >= 0.6 is 11.6 Å². The number of alkyl halides is 1. The van der Waals surface area contributed by atoms with E-state index >= 15 is 0 Å². The van der Waals surface area contributed by atoms with Crippen LogP contribution in [0.2, 0.25) is 0 Å². The summed E-state index contributed by atoms with van der Waals surface area (Å²) in [6.07, 6.45) is 5.08. The molecule has 0 amide bonds. The van der Waals surface area contributed by atoms with Gasteiger partial charge in [-0.2, -0.15) is 0 Å². The van der Waals surface area contributed by atoms with Crippen LogP contribution in [0.5, 0.6) is 0 Å². The molecule has 0 saturated heterocycles. The van der Waals surface area contributed by atoms with Gasteiger partial charge in [0, 0.05) is 6.54 Å². The molecule has 2 nitrogen and oxygen atoms in total. The van der Waals surface area contributed by atoms with E-state index < -0.39 is 0 Å². The summed E-state index contributed by atoms with van der Waals surface area (Å²) in [5.41, 5.74) is 3.58. The summed E-state index contributed by atoms with van der Waals surface area (Å²) >= 11 is 6.09. The SMILES string of the molecule is CCCCC(CC)Cn1c(CCl)nc2ccc(C)cc21. The van der Waals surface area contributed by atoms with Crippen LogP contribution in [0.3, 0.4) is 0 Å². The third-order valence-corrected chi connectivity index (χ3v) is 4.33. The van der Waals surface area contributed by atoms with Gasteiger partial charge in [-0.25, -0.2) is 4.98 Å². The molecule has 0 bridgehead atoms. The normalized spacial score (nSPS) is 13.0. The van der Waals surface area contributed by atoms with E-state index in [4.69, 9.17) is 11.6 Å². The molecule has 3 heteroatoms. The van der Waals surface area contributed by atoms with E-state index in [-0.39, 0.29) is 0 Å². The second-order valence-electron chi connectivity index (χ2n) is 5.68. The Morgan fingerprint density at radius 1 is 1.30 bits per heavy atom. The lowest BCUT2D eigenvalue weighted by Gasteiger charge is -2.17. The molecule has 0 N–H and O–H groups in total. The molecule has 0 radical (unpaired) electrons. The first-order chi connectivity index (χ1) is 9.69. The van der Waals surface area contributed by atoms with Crippen LogP contribution in [0, 0.1) is 12.8 Å². The van der Waals surface area contributed by atoms with Gasteiger partial charge in [-0.3, -0.25) is 0 Å². The molecule has 1 heterocycles. The molecule has 1 atom stereocenters. The van der Waals surface area contributed by atoms with E-state index in [2.05, 4.69) is 48.5 Å². The van der Waals surface area contributed by atoms with Gasteiger partial charge in [0.05, 0.1) is 16.9 Å². The fraction of sp³-hybridized carbons (Fsp3) is 0.588. The molecule has 1 unspecified atom stereocenters. The molecule has 1 aromatic heterocycles. The van der Waals surface area contributed by atoms with Gasteiger partial charge in [0.15, 0.2) is 0 Å². The van der Waals surface area contributed by atoms with Crippen LogP contribution in [0.1, 0.15) is 50.9 Å². The van der Waals surface area contributed by atoms with Crippen molar-refractivity contribution in [3.63, 3.8) is 0 Å². The lowest BCUT2D eigenvalue weighted by Crippen LogP contribution is -2.12. The topological polar surface area (TPSA) is 17.8 Å². The third kappa shape index (κ3) is 3.35. The molecule has 2 rings (SSSR count). The van der Waals surface area contributed by atoms with Crippen LogP contribution in [-0.4, -0.2) is 9.55 Å². The van der Waals surface area contributed by atoms with Crippen molar-refractivity contribution < 1.29 is 0 Å². The summed E-state index contributed by atoms with van der Waals surface area (Å²) in [5, 5.41) is 0. The van der Waals surface area contributed by atoms with E-state index in [9.17, 15) is 0 Å². The second kappa shape index (κ2) is 7.12. The summed E-state index contributed by atoms with van der Waals surface area (Å²) in [7, 11) is 0. The number of benzene rings is 1. The molecule has 0 fully saturated rings. The zero-order valence-corrected chi connectivity index (χ0v) is 13.6. The zero-order chi connectivity index (χ0) is 14.5. The average molecular weight is 293 g/mol. The Morgan fingerprint density at radius 3 is 2.75 bits per heavy atom. The molecular formula is C17H25ClN2. The highest BCUT2D eigenvalue weighted by molar-refractivity contribution is 6.16. The second-order valence-corrected chi connectivity index (χ2v) is 5.95. The Labute approximate surface area is 127 Å². The van der Waals surface area contributed by atoms with E-state index in [1.54, 1.807) is 0 Å². The smallest absolute Gasteiger partial charge is 0.124 e. The van der Waals surface area contributed by atoms with Crippen LogP contribution in [-0.2, 0) is 12.4 Å². The Bertz CT molecular complexity index is 559. The molecule has 1 aromatic carbocycles. The first-order valence-corrected chi connectivity index (χ1v) is 8.24. The minimum atomic E-state index is 0.484. The van der Waals surface area contributed by atoms with E-state index in [1.165, 1.54) is 36.8 Å². The maximum Gasteiger partial charge on any atom is 0.124 e. The number of hydrogen-bond acceptors (Lipinski definition) is 1. The highest BCUT2D eigenvalue weighted by atomic mass is 35.5. The van der Waals surface area contributed by atoms with Crippen molar-refractivity contribution in [1.82, 2.24) is 9.55 Å². The Morgan fingerprint density at radius 2 is 2.10 bits per heavy atom. The van der Waals surface area contributed by atoms with Crippen molar-refractivity contribution >= 4 is 22.6 Å². The lowest BCUT2D eigenvalue weighted by atomic mass is 9.99. The molecule has 0 aliphatic heterocycles. The maximum absolute atomic E-state index is 6.09. The van der Waals surface area contributed by atoms with Gasteiger partial charge in [0.1, 0.15) is 5.82 Å². The minimum absolute atomic E-state index is 0.484. The molecule has 0 spiro atoms. The van der Waals surface area contributed by atoms with Crippen molar-refractivity contribution in [1.29, 1.82) is 0 Å². The fourth-order valence-electron chi connectivity index (χ4n) is 2.76. The van der Waals surface area contributed by atoms with E-state index in [1.807, 2.05) is 0 Å². The number of halogens is 1. The molecule has 2 aromatic rings. The van der Waals surface area contributed by atoms with Crippen LogP contribution < -0.4 is 0 Å². The van der Waals surface area contributed by atoms with Crippen molar-refractivity contribution in [2.45, 2.75) is 58.9 Å². The number of hydrogen-bond donors (Lipinski definition) is 0. The zero-order valence-electron chi connectivity index (χ0n) is 12.8. The van der Waals surface area contributed by atoms with Crippen molar-refractivity contribution in [3.8, 4) is 0 Å². The van der Waals surface area contributed by atoms with Gasteiger partial charge in [-0.1, -0.05) is 39.2 Å². The molecular weight excluding hydrogens is 268 g/mol. The number of imidazole rings is 1. The number of nitrogens with zero attached hydrogens (tertiary/aromatic N) is 2. The summed E-state index contributed by atoms with van der Waals surface area (Å²) in [5.74, 6) is 2.20. The minimum Gasteiger partial charge on any atom is -0.327 e. The molecule has 0 saturated carbocycles. The van der Waals surface area contributed by atoms with E-state index in [0.29, 0.717) is 5.88 Å². The van der Waals surface area contributed by atoms with Gasteiger partial charge in [0.2, 0.25) is 0 Å². The Balaban J connectivity index is 2.33. The summed E-state index contributed by atoms with van der Waals surface area (Å²) in [6, 6.07) is 6.45. The van der Waals surface area contributed by atoms with Gasteiger partial charge in [-0.15, -0.1) is 11.6 Å². The number of aryl methyl sites for hydroxylation is 1. The standard InChI is InChI=1S/C17H25ClN2/c1-4-6-7-14(5-2)12-20-16-10-13(3)8-9-15(16)19-17(20)11-18/h8-10,14H,4-7,11-12H2,1-3H3. The van der Waals surface area contributed by atoms with Gasteiger partial charge in [-0.05, 0) is 37.0 Å². The quantitative estimate of drug-likeness (QED) is 0.633. The monoisotopic (exact) mass is 292 g/mol. The largest absolute Gasteiger partial charge is 0.327 e. The number of rotatable bonds is 7. The third-order valence-electron chi connectivity index (χ3n) is 4.09. The molecule has 0 aliphatic carbocycles. The lowest BCUT2D eigenvalue weighted by molar-refractivity contribution is 0.391. The first kappa shape index (κ1) is 15.4. The summed E-state index contributed by atoms with van der Waals surface area (Å²) < 4.78 is 2.33. The highest BCUT2D eigenvalue weighted by Crippen LogP contribution is 2.23. The summed E-state index contributed by atoms with van der Waals surface area (Å²) in [6.45, 7) is 7.71. The highest BCUT2D eigenvalue weighted by Gasteiger charge is 2.14. The number of unbranched alkanes of at least 4 members (excludes halogenated alkanes) is 1. The van der Waals surface area contributed by atoms with Gasteiger partial charge in [0.25, 0.3) is 0 Å². The Kier molecular flexibility index (Phi) is 5.47. The first-order valence-electron chi connectivity index (χ1n) is 7.71. The predicted molar refractivity (Wildman–Crippen MR) is 87.3 cm³/mol. The number of fused-ring (bicyclic) bond motifs is 1. The van der Waals surface area contributed by atoms with E-state index in [0.717, 1.165) is 23.8 Å². The average Bonchev–Trinajstić information content (AvgIpc) is 2.80. The van der Waals surface area contributed by atoms with Crippen molar-refractivity contribution in [3.05, 3.63) is 29.6 Å². The van der Waals surface area contributed by atoms with Crippen LogP contribution in [0.4, 0.5) is 0 Å². The molecule has 20 heavy (non-hydrogen) atoms. The number of aromatic nitrogens is 2. The maximum atomic E-state index is 6.09. The van der Waals surface area contributed by atoms with Gasteiger partial charge < -0.3 is 4.57 Å². The summed E-state index contributed by atoms with van der Waals surface area (Å²) in [4.78, 5) is 4.67. The van der Waals surface area contributed by atoms with Gasteiger partial charge >= 0.3 is 0 Å². The van der Waals surface area contributed by atoms with Crippen molar-refractivity contribution in [2.75, 3.05) is 0 Å². The van der Waals surface area contributed by atoms with Crippen LogP contribution in [0.25, 0.3) is 11.0 Å². The fourth-order valence-corrected chi connectivity index (χ4v) is 2.97. The predicted octanol–water partition coefficient (Wildman–Crippen LogP) is 5.30. The van der Waals surface area contributed by atoms with Crippen LogP contribution in [0.15, 0.2) is 18.2 Å². The molecule has 0 aliphatic rings. The van der Waals surface area contributed by atoms with Crippen molar-refractivity contribution in [2.24, 2.45) is 5.92 Å². The molecule has 110 valence electrons.